The number of nitrogens with one attached hydrogen (secondary N) is 3. The Balaban J connectivity index is 0.00000625. The van der Waals surface area contributed by atoms with E-state index in [-0.39, 0.29) is 30.1 Å². The van der Waals surface area contributed by atoms with Crippen LogP contribution in [0.3, 0.4) is 0 Å². The number of ether oxygens (including phenoxy) is 1. The van der Waals surface area contributed by atoms with Gasteiger partial charge in [0.25, 0.3) is 0 Å². The van der Waals surface area contributed by atoms with Gasteiger partial charge in [-0.2, -0.15) is 0 Å². The second kappa shape index (κ2) is 13.4. The number of aliphatic imine (C=N–C) groups is 1. The maximum Gasteiger partial charge on any atom is 0.407 e. The summed E-state index contributed by atoms with van der Waals surface area (Å²) in [4.78, 5) is 18.6. The number of guanidine groups is 1. The monoisotopic (exact) mass is 483 g/mol. The molecule has 7 nitrogen and oxygen atoms in total. The van der Waals surface area contributed by atoms with Crippen LogP contribution in [-0.2, 0) is 4.74 Å². The van der Waals surface area contributed by atoms with Crippen LogP contribution in [0.25, 0.3) is 0 Å². The molecule has 1 aliphatic heterocycles. The van der Waals surface area contributed by atoms with Crippen molar-refractivity contribution in [1.29, 1.82) is 0 Å². The molecule has 1 fully saturated rings. The number of hydrogen-bond donors (Lipinski definition) is 3. The summed E-state index contributed by atoms with van der Waals surface area (Å²) >= 11 is 0. The Hall–Kier alpha value is -0.770. The number of alkyl carbamates (subject to hydrolysis) is 1. The lowest BCUT2D eigenvalue weighted by atomic mass is 9.97. The van der Waals surface area contributed by atoms with Crippen LogP contribution < -0.4 is 16.0 Å². The van der Waals surface area contributed by atoms with Crippen LogP contribution in [0.15, 0.2) is 4.99 Å². The molecule has 1 heterocycles. The molecule has 1 amide bonds. The molecule has 0 atom stereocenters. The summed E-state index contributed by atoms with van der Waals surface area (Å²) < 4.78 is 5.21. The number of likely N-dealkylation sites (tertiary alicyclic amines) is 1. The molecule has 1 aliphatic rings. The maximum atomic E-state index is 11.6. The zero-order valence-corrected chi connectivity index (χ0v) is 19.4. The fourth-order valence-electron chi connectivity index (χ4n) is 2.61. The quantitative estimate of drug-likeness (QED) is 0.225. The average Bonchev–Trinajstić information content (AvgIpc) is 2.52. The van der Waals surface area contributed by atoms with Gasteiger partial charge in [0, 0.05) is 26.2 Å². The fourth-order valence-corrected chi connectivity index (χ4v) is 2.61. The first kappa shape index (κ1) is 25.2. The number of nitrogens with zero attached hydrogens (tertiary/aromatic N) is 2. The Morgan fingerprint density at radius 3 is 2.35 bits per heavy atom. The molecule has 0 aromatic carbocycles. The lowest BCUT2D eigenvalue weighted by molar-refractivity contribution is 0.0527. The van der Waals surface area contributed by atoms with Crippen LogP contribution in [0.4, 0.5) is 4.79 Å². The third-order valence-electron chi connectivity index (χ3n) is 4.00. The van der Waals surface area contributed by atoms with E-state index >= 15 is 0 Å². The SMILES string of the molecule is CCNC(=NCC1CCN(C)CC1)NCCCNC(=O)OC(C)(C)C.I. The van der Waals surface area contributed by atoms with E-state index in [4.69, 9.17) is 9.73 Å². The van der Waals surface area contributed by atoms with E-state index in [1.165, 1.54) is 25.9 Å². The zero-order chi connectivity index (χ0) is 18.7. The number of amides is 1. The number of carbonyl (C=O) groups excluding carboxylic acids is 1. The lowest BCUT2D eigenvalue weighted by Gasteiger charge is -2.28. The van der Waals surface area contributed by atoms with Gasteiger partial charge < -0.3 is 25.6 Å². The van der Waals surface area contributed by atoms with Gasteiger partial charge in [0.15, 0.2) is 5.96 Å². The molecular formula is C18H38IN5O2. The molecule has 8 heteroatoms. The van der Waals surface area contributed by atoms with Crippen molar-refractivity contribution in [2.45, 2.75) is 52.6 Å². The van der Waals surface area contributed by atoms with E-state index < -0.39 is 5.60 Å². The summed E-state index contributed by atoms with van der Waals surface area (Å²) in [5, 5.41) is 9.37. The van der Waals surface area contributed by atoms with Gasteiger partial charge in [0.05, 0.1) is 0 Å². The van der Waals surface area contributed by atoms with E-state index in [9.17, 15) is 4.79 Å². The molecule has 0 aliphatic carbocycles. The van der Waals surface area contributed by atoms with Gasteiger partial charge in [-0.25, -0.2) is 4.79 Å². The molecule has 0 aromatic rings. The van der Waals surface area contributed by atoms with Gasteiger partial charge in [-0.15, -0.1) is 24.0 Å². The molecule has 26 heavy (non-hydrogen) atoms. The van der Waals surface area contributed by atoms with Gasteiger partial charge in [-0.1, -0.05) is 0 Å². The summed E-state index contributed by atoms with van der Waals surface area (Å²) in [5.41, 5.74) is -0.457. The molecule has 0 unspecified atom stereocenters. The van der Waals surface area contributed by atoms with E-state index in [0.717, 1.165) is 32.0 Å². The van der Waals surface area contributed by atoms with Crippen LogP contribution in [-0.4, -0.2) is 68.9 Å². The summed E-state index contributed by atoms with van der Waals surface area (Å²) in [7, 11) is 2.18. The number of carbonyl (C=O) groups is 1. The highest BCUT2D eigenvalue weighted by Gasteiger charge is 2.16. The van der Waals surface area contributed by atoms with E-state index in [1.807, 2.05) is 20.8 Å². The summed E-state index contributed by atoms with van der Waals surface area (Å²) in [6, 6.07) is 0. The minimum atomic E-state index is -0.457. The first-order chi connectivity index (χ1) is 11.8. The van der Waals surface area contributed by atoms with E-state index in [0.29, 0.717) is 12.5 Å². The first-order valence-corrected chi connectivity index (χ1v) is 9.47. The molecule has 0 spiro atoms. The molecule has 0 saturated carbocycles. The normalized spacial score (nSPS) is 16.6. The summed E-state index contributed by atoms with van der Waals surface area (Å²) in [6.07, 6.45) is 2.89. The smallest absolute Gasteiger partial charge is 0.407 e. The molecular weight excluding hydrogens is 445 g/mol. The van der Waals surface area contributed by atoms with Crippen molar-refractivity contribution in [3.05, 3.63) is 0 Å². The van der Waals surface area contributed by atoms with E-state index in [2.05, 4.69) is 34.8 Å². The average molecular weight is 483 g/mol. The van der Waals surface area contributed by atoms with Gasteiger partial charge in [-0.3, -0.25) is 4.99 Å². The zero-order valence-electron chi connectivity index (χ0n) is 17.1. The van der Waals surface area contributed by atoms with Crippen molar-refractivity contribution in [3.8, 4) is 0 Å². The highest BCUT2D eigenvalue weighted by atomic mass is 127. The first-order valence-electron chi connectivity index (χ1n) is 9.47. The number of halogens is 1. The minimum absolute atomic E-state index is 0. The van der Waals surface area contributed by atoms with Crippen LogP contribution in [0.5, 0.6) is 0 Å². The highest BCUT2D eigenvalue weighted by Crippen LogP contribution is 2.15. The van der Waals surface area contributed by atoms with E-state index in [1.54, 1.807) is 0 Å². The third-order valence-corrected chi connectivity index (χ3v) is 4.00. The van der Waals surface area contributed by atoms with Crippen LogP contribution in [0.1, 0.15) is 47.0 Å². The summed E-state index contributed by atoms with van der Waals surface area (Å²) in [5.74, 6) is 1.54. The Bertz CT molecular complexity index is 418. The topological polar surface area (TPSA) is 78.0 Å². The van der Waals surface area contributed by atoms with Crippen molar-refractivity contribution in [2.24, 2.45) is 10.9 Å². The van der Waals surface area contributed by atoms with Crippen LogP contribution in [0, 0.1) is 5.92 Å². The Morgan fingerprint density at radius 2 is 1.77 bits per heavy atom. The van der Waals surface area contributed by atoms with Crippen molar-refractivity contribution in [1.82, 2.24) is 20.9 Å². The predicted molar refractivity (Wildman–Crippen MR) is 118 cm³/mol. The van der Waals surface area contributed by atoms with Gasteiger partial charge in [0.2, 0.25) is 0 Å². The van der Waals surface area contributed by atoms with Gasteiger partial charge in [0.1, 0.15) is 5.60 Å². The van der Waals surface area contributed by atoms with Crippen molar-refractivity contribution in [2.75, 3.05) is 46.3 Å². The van der Waals surface area contributed by atoms with Crippen LogP contribution >= 0.6 is 24.0 Å². The fraction of sp³-hybridized carbons (Fsp3) is 0.889. The molecule has 0 bridgehead atoms. The second-order valence-electron chi connectivity index (χ2n) is 7.68. The maximum absolute atomic E-state index is 11.6. The number of rotatable bonds is 7. The molecule has 1 saturated heterocycles. The lowest BCUT2D eigenvalue weighted by Crippen LogP contribution is -2.40. The largest absolute Gasteiger partial charge is 0.444 e. The Kier molecular flexibility index (Phi) is 13.0. The minimum Gasteiger partial charge on any atom is -0.444 e. The highest BCUT2D eigenvalue weighted by molar-refractivity contribution is 14.0. The summed E-state index contributed by atoms with van der Waals surface area (Å²) in [6.45, 7) is 13.0. The number of hydrogen-bond acceptors (Lipinski definition) is 4. The second-order valence-corrected chi connectivity index (χ2v) is 7.68. The third kappa shape index (κ3) is 12.6. The Labute approximate surface area is 176 Å². The Morgan fingerprint density at radius 1 is 1.15 bits per heavy atom. The number of piperidine rings is 1. The van der Waals surface area contributed by atoms with Crippen molar-refractivity contribution >= 4 is 36.0 Å². The van der Waals surface area contributed by atoms with Gasteiger partial charge >= 0.3 is 6.09 Å². The molecule has 3 N–H and O–H groups in total. The van der Waals surface area contributed by atoms with Crippen molar-refractivity contribution in [3.63, 3.8) is 0 Å². The molecule has 0 radical (unpaired) electrons. The molecule has 0 aromatic heterocycles. The van der Waals surface area contributed by atoms with Crippen LogP contribution in [0.2, 0.25) is 0 Å². The standard InChI is InChI=1S/C18H37N5O2.HI/c1-6-19-16(22-14-15-8-12-23(5)13-9-15)20-10-7-11-21-17(24)25-18(2,3)4;/h15H,6-14H2,1-5H3,(H,21,24)(H2,19,20,22);1H. The van der Waals surface area contributed by atoms with Crippen molar-refractivity contribution < 1.29 is 9.53 Å². The molecule has 1 rings (SSSR count). The predicted octanol–water partition coefficient (Wildman–Crippen LogP) is 2.42. The van der Waals surface area contributed by atoms with Gasteiger partial charge in [-0.05, 0) is 73.0 Å². The molecule has 154 valence electrons.